The number of amides is 2. The maximum Gasteiger partial charge on any atom is 0.259 e. The standard InChI is InChI=1S/C22H33N3O4/c1-14(2)9-24-12-18(21(27)23-17-7-5-6-8-17)20(26)19(13-24)22(28)25-10-15(3)29-16(4)11-25/h12-17H,5-11H2,1-4H3,(H,23,27)/t15-,16+. The molecule has 29 heavy (non-hydrogen) atoms. The quantitative estimate of drug-likeness (QED) is 0.819. The number of hydrogen-bond acceptors (Lipinski definition) is 4. The van der Waals surface area contributed by atoms with Crippen molar-refractivity contribution in [3.05, 3.63) is 33.7 Å². The number of nitrogens with zero attached hydrogens (tertiary/aromatic N) is 2. The molecule has 7 nitrogen and oxygen atoms in total. The van der Waals surface area contributed by atoms with E-state index in [2.05, 4.69) is 19.2 Å². The molecule has 1 saturated heterocycles. The van der Waals surface area contributed by atoms with Crippen LogP contribution in [0.4, 0.5) is 0 Å². The van der Waals surface area contributed by atoms with Crippen molar-refractivity contribution in [3.63, 3.8) is 0 Å². The van der Waals surface area contributed by atoms with Crippen molar-refractivity contribution >= 4 is 11.8 Å². The fourth-order valence-electron chi connectivity index (χ4n) is 4.32. The Morgan fingerprint density at radius 2 is 1.69 bits per heavy atom. The third-order valence-corrected chi connectivity index (χ3v) is 5.53. The van der Waals surface area contributed by atoms with Crippen molar-refractivity contribution in [2.75, 3.05) is 13.1 Å². The molecular formula is C22H33N3O4. The minimum Gasteiger partial charge on any atom is -0.372 e. The zero-order valence-corrected chi connectivity index (χ0v) is 17.9. The van der Waals surface area contributed by atoms with Crippen LogP contribution < -0.4 is 10.7 Å². The van der Waals surface area contributed by atoms with Crippen LogP contribution in [0.3, 0.4) is 0 Å². The summed E-state index contributed by atoms with van der Waals surface area (Å²) in [5.74, 6) is -0.391. The maximum absolute atomic E-state index is 13.2. The van der Waals surface area contributed by atoms with Gasteiger partial charge in [-0.2, -0.15) is 0 Å². The molecule has 2 heterocycles. The third-order valence-electron chi connectivity index (χ3n) is 5.53. The number of hydrogen-bond donors (Lipinski definition) is 1. The SMILES string of the molecule is CC(C)Cn1cc(C(=O)NC2CCCC2)c(=O)c(C(=O)N2C[C@@H](C)O[C@@H](C)C2)c1. The van der Waals surface area contributed by atoms with Crippen molar-refractivity contribution in [1.29, 1.82) is 0 Å². The van der Waals surface area contributed by atoms with Gasteiger partial charge in [0.15, 0.2) is 0 Å². The first kappa shape index (κ1) is 21.6. The third kappa shape index (κ3) is 5.26. The molecule has 1 N–H and O–H groups in total. The Kier molecular flexibility index (Phi) is 6.77. The van der Waals surface area contributed by atoms with Gasteiger partial charge >= 0.3 is 0 Å². The van der Waals surface area contributed by atoms with Crippen LogP contribution in [0.15, 0.2) is 17.2 Å². The number of carbonyl (C=O) groups is 2. The molecule has 0 aromatic carbocycles. The van der Waals surface area contributed by atoms with Crippen LogP contribution in [-0.4, -0.2) is 52.6 Å². The highest BCUT2D eigenvalue weighted by Gasteiger charge is 2.30. The Morgan fingerprint density at radius 3 is 2.28 bits per heavy atom. The van der Waals surface area contributed by atoms with Crippen molar-refractivity contribution in [2.45, 2.75) is 78.2 Å². The fraction of sp³-hybridized carbons (Fsp3) is 0.682. The monoisotopic (exact) mass is 403 g/mol. The normalized spacial score (nSPS) is 22.9. The van der Waals surface area contributed by atoms with Gasteiger partial charge in [0.1, 0.15) is 11.1 Å². The van der Waals surface area contributed by atoms with Crippen LogP contribution in [0.5, 0.6) is 0 Å². The highest BCUT2D eigenvalue weighted by Crippen LogP contribution is 2.18. The molecule has 7 heteroatoms. The van der Waals surface area contributed by atoms with Gasteiger partial charge in [-0.15, -0.1) is 0 Å². The topological polar surface area (TPSA) is 80.6 Å². The highest BCUT2D eigenvalue weighted by molar-refractivity contribution is 5.99. The molecule has 1 aromatic rings. The number of morpholine rings is 1. The lowest BCUT2D eigenvalue weighted by atomic mass is 10.1. The van der Waals surface area contributed by atoms with Gasteiger partial charge in [0.25, 0.3) is 11.8 Å². The van der Waals surface area contributed by atoms with E-state index < -0.39 is 5.43 Å². The fourth-order valence-corrected chi connectivity index (χ4v) is 4.32. The number of nitrogens with one attached hydrogen (secondary N) is 1. The van der Waals surface area contributed by atoms with Crippen LogP contribution >= 0.6 is 0 Å². The predicted octanol–water partition coefficient (Wildman–Crippen LogP) is 2.43. The summed E-state index contributed by atoms with van der Waals surface area (Å²) in [4.78, 5) is 40.8. The Labute approximate surface area is 172 Å². The highest BCUT2D eigenvalue weighted by atomic mass is 16.5. The van der Waals surface area contributed by atoms with E-state index in [1.165, 1.54) is 0 Å². The zero-order valence-electron chi connectivity index (χ0n) is 17.9. The van der Waals surface area contributed by atoms with Gasteiger partial charge in [0, 0.05) is 38.1 Å². The molecule has 1 saturated carbocycles. The van der Waals surface area contributed by atoms with Gasteiger partial charge in [-0.25, -0.2) is 0 Å². The second kappa shape index (κ2) is 9.11. The van der Waals surface area contributed by atoms with Crippen molar-refractivity contribution in [1.82, 2.24) is 14.8 Å². The molecule has 2 aliphatic rings. The second-order valence-corrected chi connectivity index (χ2v) is 8.93. The van der Waals surface area contributed by atoms with Crippen LogP contribution in [0.25, 0.3) is 0 Å². The maximum atomic E-state index is 13.2. The van der Waals surface area contributed by atoms with Crippen molar-refractivity contribution in [3.8, 4) is 0 Å². The largest absolute Gasteiger partial charge is 0.372 e. The van der Waals surface area contributed by atoms with E-state index in [1.54, 1.807) is 21.9 Å². The number of rotatable bonds is 5. The van der Waals surface area contributed by atoms with Gasteiger partial charge in [-0.1, -0.05) is 26.7 Å². The lowest BCUT2D eigenvalue weighted by Gasteiger charge is -2.35. The van der Waals surface area contributed by atoms with E-state index in [1.807, 2.05) is 13.8 Å². The first-order valence-corrected chi connectivity index (χ1v) is 10.7. The minimum atomic E-state index is -0.489. The summed E-state index contributed by atoms with van der Waals surface area (Å²) in [6.07, 6.45) is 7.07. The molecule has 1 aliphatic carbocycles. The van der Waals surface area contributed by atoms with Gasteiger partial charge in [0.05, 0.1) is 12.2 Å². The van der Waals surface area contributed by atoms with Crippen LogP contribution in [0.2, 0.25) is 0 Å². The lowest BCUT2D eigenvalue weighted by molar-refractivity contribution is -0.0586. The first-order chi connectivity index (χ1) is 13.7. The molecule has 0 bridgehead atoms. The van der Waals surface area contributed by atoms with E-state index in [0.717, 1.165) is 25.7 Å². The van der Waals surface area contributed by atoms with E-state index in [0.29, 0.717) is 25.6 Å². The summed E-state index contributed by atoms with van der Waals surface area (Å²) in [6.45, 7) is 9.44. The molecule has 0 radical (unpaired) electrons. The number of aromatic nitrogens is 1. The molecule has 2 amide bonds. The number of ether oxygens (including phenoxy) is 1. The summed E-state index contributed by atoms with van der Waals surface area (Å²) in [5, 5.41) is 2.98. The summed E-state index contributed by atoms with van der Waals surface area (Å²) in [7, 11) is 0. The van der Waals surface area contributed by atoms with Crippen molar-refractivity contribution < 1.29 is 14.3 Å². The van der Waals surface area contributed by atoms with E-state index >= 15 is 0 Å². The average molecular weight is 404 g/mol. The molecule has 2 fully saturated rings. The summed E-state index contributed by atoms with van der Waals surface area (Å²) < 4.78 is 7.51. The Hall–Kier alpha value is -2.15. The van der Waals surface area contributed by atoms with E-state index in [4.69, 9.17) is 4.74 Å². The van der Waals surface area contributed by atoms with Gasteiger partial charge < -0.3 is 19.5 Å². The molecular weight excluding hydrogens is 370 g/mol. The summed E-state index contributed by atoms with van der Waals surface area (Å²) >= 11 is 0. The summed E-state index contributed by atoms with van der Waals surface area (Å²) in [6, 6.07) is 0.112. The predicted molar refractivity (Wildman–Crippen MR) is 111 cm³/mol. The molecule has 160 valence electrons. The van der Waals surface area contributed by atoms with Crippen molar-refractivity contribution in [2.24, 2.45) is 5.92 Å². The van der Waals surface area contributed by atoms with Gasteiger partial charge in [0.2, 0.25) is 5.43 Å². The lowest BCUT2D eigenvalue weighted by Crippen LogP contribution is -2.49. The molecule has 1 aromatic heterocycles. The molecule has 3 rings (SSSR count). The van der Waals surface area contributed by atoms with Gasteiger partial charge in [-0.3, -0.25) is 14.4 Å². The Bertz CT molecular complexity index is 801. The molecule has 1 aliphatic heterocycles. The van der Waals surface area contributed by atoms with Crippen LogP contribution in [0, 0.1) is 5.92 Å². The van der Waals surface area contributed by atoms with Gasteiger partial charge in [-0.05, 0) is 32.6 Å². The first-order valence-electron chi connectivity index (χ1n) is 10.7. The Balaban J connectivity index is 1.93. The number of pyridine rings is 1. The van der Waals surface area contributed by atoms with Crippen LogP contribution in [0.1, 0.15) is 74.1 Å². The minimum absolute atomic E-state index is 0.0535. The second-order valence-electron chi connectivity index (χ2n) is 8.93. The summed E-state index contributed by atoms with van der Waals surface area (Å²) in [5.41, 5.74) is -0.374. The zero-order chi connectivity index (χ0) is 21.1. The number of carbonyl (C=O) groups excluding carboxylic acids is 2. The Morgan fingerprint density at radius 1 is 1.10 bits per heavy atom. The smallest absolute Gasteiger partial charge is 0.259 e. The van der Waals surface area contributed by atoms with E-state index in [9.17, 15) is 14.4 Å². The average Bonchev–Trinajstić information content (AvgIpc) is 3.14. The molecule has 0 spiro atoms. The molecule has 2 atom stereocenters. The van der Waals surface area contributed by atoms with E-state index in [-0.39, 0.29) is 41.2 Å². The van der Waals surface area contributed by atoms with Crippen LogP contribution in [-0.2, 0) is 11.3 Å². The molecule has 0 unspecified atom stereocenters.